The van der Waals surface area contributed by atoms with Crippen molar-refractivity contribution in [3.63, 3.8) is 0 Å². The Morgan fingerprint density at radius 3 is 2.36 bits per heavy atom. The minimum absolute atomic E-state index is 0.0495. The number of carbonyl (C=O) groups is 1. The van der Waals surface area contributed by atoms with Crippen LogP contribution < -0.4 is 0 Å². The molecule has 0 aromatic heterocycles. The van der Waals surface area contributed by atoms with Crippen LogP contribution >= 0.6 is 0 Å². The van der Waals surface area contributed by atoms with E-state index in [9.17, 15) is 4.79 Å². The van der Waals surface area contributed by atoms with Crippen molar-refractivity contribution in [2.45, 2.75) is 26.0 Å². The Bertz CT molecular complexity index is 346. The molecule has 0 unspecified atom stereocenters. The van der Waals surface area contributed by atoms with E-state index in [1.807, 2.05) is 44.2 Å². The van der Waals surface area contributed by atoms with E-state index in [-0.39, 0.29) is 5.91 Å². The van der Waals surface area contributed by atoms with Crippen LogP contribution in [0.1, 0.15) is 19.4 Å². The number of amides is 1. The van der Waals surface area contributed by atoms with Crippen LogP contribution in [0.2, 0.25) is 0 Å². The lowest BCUT2D eigenvalue weighted by Gasteiger charge is -2.05. The highest BCUT2D eigenvalue weighted by Gasteiger charge is 2.56. The van der Waals surface area contributed by atoms with Gasteiger partial charge in [-0.2, -0.15) is 0 Å². The topological polar surface area (TPSA) is 29.3 Å². The summed E-state index contributed by atoms with van der Waals surface area (Å²) in [6.07, 6.45) is 0. The van der Waals surface area contributed by atoms with Crippen molar-refractivity contribution < 1.29 is 9.63 Å². The molecule has 0 N–H and O–H groups in total. The van der Waals surface area contributed by atoms with E-state index in [0.717, 1.165) is 5.56 Å². The zero-order valence-corrected chi connectivity index (χ0v) is 8.36. The molecule has 1 heterocycles. The molecule has 1 aliphatic heterocycles. The molecular weight excluding hydrogens is 178 g/mol. The van der Waals surface area contributed by atoms with Gasteiger partial charge in [-0.25, -0.2) is 5.06 Å². The quantitative estimate of drug-likeness (QED) is 0.681. The predicted molar refractivity (Wildman–Crippen MR) is 52.2 cm³/mol. The number of rotatable bonds is 3. The molecule has 0 aliphatic carbocycles. The monoisotopic (exact) mass is 191 g/mol. The van der Waals surface area contributed by atoms with Gasteiger partial charge in [-0.15, -0.1) is 0 Å². The molecule has 0 bridgehead atoms. The molecule has 3 heteroatoms. The third-order valence-electron chi connectivity index (χ3n) is 2.37. The van der Waals surface area contributed by atoms with Gasteiger partial charge in [0.15, 0.2) is 0 Å². The molecule has 1 fully saturated rings. The molecule has 1 amide bonds. The summed E-state index contributed by atoms with van der Waals surface area (Å²) in [6, 6.07) is 9.81. The highest BCUT2D eigenvalue weighted by molar-refractivity contribution is 5.99. The number of hydrogen-bond acceptors (Lipinski definition) is 2. The second kappa shape index (κ2) is 3.10. The number of hydroxylamine groups is 2. The van der Waals surface area contributed by atoms with Crippen LogP contribution in [-0.4, -0.2) is 16.5 Å². The summed E-state index contributed by atoms with van der Waals surface area (Å²) in [5.41, 5.74) is 0.650. The largest absolute Gasteiger partial charge is 0.275 e. The van der Waals surface area contributed by atoms with Crippen LogP contribution in [0.5, 0.6) is 0 Å². The SMILES string of the molecule is CC1(C)C(=O)N1OCc1ccccc1. The van der Waals surface area contributed by atoms with Crippen LogP contribution in [0.4, 0.5) is 0 Å². The van der Waals surface area contributed by atoms with E-state index in [1.54, 1.807) is 0 Å². The van der Waals surface area contributed by atoms with Crippen molar-refractivity contribution in [3.05, 3.63) is 35.9 Å². The molecule has 0 spiro atoms. The average Bonchev–Trinajstić information content (AvgIpc) is 2.65. The van der Waals surface area contributed by atoms with Gasteiger partial charge in [0, 0.05) is 0 Å². The Morgan fingerprint density at radius 2 is 1.86 bits per heavy atom. The van der Waals surface area contributed by atoms with Gasteiger partial charge in [0.25, 0.3) is 5.91 Å². The molecule has 1 aromatic carbocycles. The van der Waals surface area contributed by atoms with Gasteiger partial charge in [-0.1, -0.05) is 30.3 Å². The summed E-state index contributed by atoms with van der Waals surface area (Å²) < 4.78 is 0. The van der Waals surface area contributed by atoms with Gasteiger partial charge in [0.1, 0.15) is 12.1 Å². The number of hydrogen-bond donors (Lipinski definition) is 0. The van der Waals surface area contributed by atoms with E-state index in [2.05, 4.69) is 0 Å². The van der Waals surface area contributed by atoms with Crippen molar-refractivity contribution in [1.82, 2.24) is 5.06 Å². The third kappa shape index (κ3) is 1.51. The number of nitrogens with zero attached hydrogens (tertiary/aromatic N) is 1. The van der Waals surface area contributed by atoms with Crippen LogP contribution in [0.3, 0.4) is 0 Å². The Kier molecular flexibility index (Phi) is 2.04. The average molecular weight is 191 g/mol. The Morgan fingerprint density at radius 1 is 1.29 bits per heavy atom. The molecule has 3 nitrogen and oxygen atoms in total. The summed E-state index contributed by atoms with van der Waals surface area (Å²) >= 11 is 0. The molecule has 0 saturated carbocycles. The second-order valence-electron chi connectivity index (χ2n) is 3.92. The molecule has 74 valence electrons. The summed E-state index contributed by atoms with van der Waals surface area (Å²) in [5, 5.41) is 1.42. The van der Waals surface area contributed by atoms with Gasteiger partial charge in [-0.3, -0.25) is 9.63 Å². The summed E-state index contributed by atoms with van der Waals surface area (Å²) in [5.74, 6) is 0.0495. The maximum atomic E-state index is 11.2. The van der Waals surface area contributed by atoms with Gasteiger partial charge in [-0.05, 0) is 19.4 Å². The standard InChI is InChI=1S/C11H13NO2/c1-11(2)10(13)12(11)14-8-9-6-4-3-5-7-9/h3-7H,8H2,1-2H3. The molecular formula is C11H13NO2. The molecule has 1 aliphatic rings. The molecule has 1 saturated heterocycles. The van der Waals surface area contributed by atoms with Gasteiger partial charge in [0.2, 0.25) is 0 Å². The number of benzene rings is 1. The van der Waals surface area contributed by atoms with Gasteiger partial charge >= 0.3 is 0 Å². The van der Waals surface area contributed by atoms with E-state index >= 15 is 0 Å². The predicted octanol–water partition coefficient (Wildman–Crippen LogP) is 1.74. The smallest absolute Gasteiger partial charge is 0.270 e. The summed E-state index contributed by atoms with van der Waals surface area (Å²) in [7, 11) is 0. The fourth-order valence-corrected chi connectivity index (χ4v) is 1.29. The normalized spacial score (nSPS) is 18.4. The first-order valence-corrected chi connectivity index (χ1v) is 4.64. The third-order valence-corrected chi connectivity index (χ3v) is 2.37. The van der Waals surface area contributed by atoms with E-state index in [1.165, 1.54) is 5.06 Å². The van der Waals surface area contributed by atoms with Crippen LogP contribution in [-0.2, 0) is 16.2 Å². The fraction of sp³-hybridized carbons (Fsp3) is 0.364. The van der Waals surface area contributed by atoms with Crippen molar-refractivity contribution in [2.24, 2.45) is 0 Å². The lowest BCUT2D eigenvalue weighted by Crippen LogP contribution is -2.09. The number of carbonyl (C=O) groups excluding carboxylic acids is 1. The van der Waals surface area contributed by atoms with Gasteiger partial charge in [0.05, 0.1) is 0 Å². The minimum atomic E-state index is -0.422. The van der Waals surface area contributed by atoms with Crippen LogP contribution in [0, 0.1) is 0 Å². The van der Waals surface area contributed by atoms with E-state index in [0.29, 0.717) is 6.61 Å². The van der Waals surface area contributed by atoms with Crippen molar-refractivity contribution in [2.75, 3.05) is 0 Å². The lowest BCUT2D eigenvalue weighted by molar-refractivity contribution is -0.140. The first-order chi connectivity index (χ1) is 6.62. The van der Waals surface area contributed by atoms with Crippen LogP contribution in [0.15, 0.2) is 30.3 Å². The first kappa shape index (κ1) is 9.21. The van der Waals surface area contributed by atoms with Crippen molar-refractivity contribution >= 4 is 5.91 Å². The Balaban J connectivity index is 1.88. The zero-order chi connectivity index (χ0) is 10.2. The highest BCUT2D eigenvalue weighted by Crippen LogP contribution is 2.33. The fourth-order valence-electron chi connectivity index (χ4n) is 1.29. The Labute approximate surface area is 83.2 Å². The summed E-state index contributed by atoms with van der Waals surface area (Å²) in [6.45, 7) is 4.15. The Hall–Kier alpha value is -1.35. The minimum Gasteiger partial charge on any atom is -0.270 e. The molecule has 0 radical (unpaired) electrons. The molecule has 0 atom stereocenters. The van der Waals surface area contributed by atoms with Crippen molar-refractivity contribution in [3.8, 4) is 0 Å². The zero-order valence-electron chi connectivity index (χ0n) is 8.36. The van der Waals surface area contributed by atoms with E-state index < -0.39 is 5.54 Å². The maximum absolute atomic E-state index is 11.2. The molecule has 1 aromatic rings. The highest BCUT2D eigenvalue weighted by atomic mass is 16.7. The van der Waals surface area contributed by atoms with Gasteiger partial charge < -0.3 is 0 Å². The van der Waals surface area contributed by atoms with Crippen LogP contribution in [0.25, 0.3) is 0 Å². The lowest BCUT2D eigenvalue weighted by atomic mass is 10.2. The summed E-state index contributed by atoms with van der Waals surface area (Å²) in [4.78, 5) is 16.5. The first-order valence-electron chi connectivity index (χ1n) is 4.64. The van der Waals surface area contributed by atoms with E-state index in [4.69, 9.17) is 4.84 Å². The second-order valence-corrected chi connectivity index (χ2v) is 3.92. The maximum Gasteiger partial charge on any atom is 0.275 e. The molecule has 14 heavy (non-hydrogen) atoms. The molecule has 2 rings (SSSR count). The van der Waals surface area contributed by atoms with Crippen molar-refractivity contribution in [1.29, 1.82) is 0 Å².